The van der Waals surface area contributed by atoms with Crippen LogP contribution in [-0.2, 0) is 11.3 Å². The Kier molecular flexibility index (Phi) is 5.05. The van der Waals surface area contributed by atoms with Crippen molar-refractivity contribution in [1.82, 2.24) is 4.90 Å². The molecule has 0 aromatic heterocycles. The van der Waals surface area contributed by atoms with Gasteiger partial charge in [-0.05, 0) is 25.5 Å². The smallest absolute Gasteiger partial charge is 0.125 e. The highest BCUT2D eigenvalue weighted by Crippen LogP contribution is 2.23. The molecule has 1 aromatic carbocycles. The lowest BCUT2D eigenvalue weighted by Gasteiger charge is -2.24. The zero-order valence-electron chi connectivity index (χ0n) is 11.9. The number of nitrogens with two attached hydrogens (primary N) is 1. The first-order chi connectivity index (χ1) is 9.22. The van der Waals surface area contributed by atoms with Gasteiger partial charge in [0.1, 0.15) is 5.75 Å². The number of methoxy groups -OCH3 is 1. The fourth-order valence-corrected chi connectivity index (χ4v) is 2.51. The van der Waals surface area contributed by atoms with Crippen LogP contribution in [0.1, 0.15) is 25.3 Å². The van der Waals surface area contributed by atoms with E-state index in [9.17, 15) is 0 Å². The van der Waals surface area contributed by atoms with Crippen molar-refractivity contribution < 1.29 is 9.47 Å². The Morgan fingerprint density at radius 2 is 2.32 bits per heavy atom. The van der Waals surface area contributed by atoms with Crippen molar-refractivity contribution in [2.45, 2.75) is 32.4 Å². The van der Waals surface area contributed by atoms with E-state index in [0.717, 1.165) is 37.7 Å². The molecule has 2 rings (SSSR count). The zero-order chi connectivity index (χ0) is 13.7. The highest BCUT2D eigenvalue weighted by molar-refractivity contribution is 5.48. The van der Waals surface area contributed by atoms with Crippen molar-refractivity contribution in [2.24, 2.45) is 0 Å². The largest absolute Gasteiger partial charge is 0.496 e. The van der Waals surface area contributed by atoms with Crippen LogP contribution in [0.4, 0.5) is 5.69 Å². The first-order valence-electron chi connectivity index (χ1n) is 6.99. The second-order valence-electron chi connectivity index (χ2n) is 5.03. The molecular formula is C15H24N2O2. The van der Waals surface area contributed by atoms with Gasteiger partial charge in [-0.2, -0.15) is 0 Å². The van der Waals surface area contributed by atoms with E-state index < -0.39 is 0 Å². The number of hydrogen-bond donors (Lipinski definition) is 1. The molecule has 1 saturated heterocycles. The van der Waals surface area contributed by atoms with Crippen LogP contribution in [0.15, 0.2) is 18.2 Å². The summed E-state index contributed by atoms with van der Waals surface area (Å²) in [6.45, 7) is 5.96. The molecule has 4 nitrogen and oxygen atoms in total. The molecular weight excluding hydrogens is 240 g/mol. The van der Waals surface area contributed by atoms with Gasteiger partial charge in [0.15, 0.2) is 0 Å². The monoisotopic (exact) mass is 264 g/mol. The van der Waals surface area contributed by atoms with Crippen molar-refractivity contribution in [3.8, 4) is 5.75 Å². The third kappa shape index (κ3) is 3.85. The van der Waals surface area contributed by atoms with Gasteiger partial charge in [0.2, 0.25) is 0 Å². The number of hydrogen-bond acceptors (Lipinski definition) is 4. The molecule has 1 aliphatic rings. The first kappa shape index (κ1) is 14.2. The third-order valence-corrected chi connectivity index (χ3v) is 3.64. The normalized spacial score (nSPS) is 19.0. The van der Waals surface area contributed by atoms with Crippen LogP contribution in [0.2, 0.25) is 0 Å². The highest BCUT2D eigenvalue weighted by atomic mass is 16.5. The van der Waals surface area contributed by atoms with E-state index in [2.05, 4.69) is 11.8 Å². The van der Waals surface area contributed by atoms with Gasteiger partial charge in [0, 0.05) is 37.0 Å². The minimum atomic E-state index is 0.389. The van der Waals surface area contributed by atoms with E-state index in [0.29, 0.717) is 6.10 Å². The maximum atomic E-state index is 5.78. The molecule has 1 heterocycles. The molecule has 1 aliphatic heterocycles. The van der Waals surface area contributed by atoms with Gasteiger partial charge in [-0.25, -0.2) is 0 Å². The summed E-state index contributed by atoms with van der Waals surface area (Å²) in [6, 6.07) is 5.86. The number of nitrogens with zero attached hydrogens (tertiary/aromatic N) is 1. The molecule has 1 fully saturated rings. The van der Waals surface area contributed by atoms with Crippen LogP contribution in [0.3, 0.4) is 0 Å². The molecule has 0 spiro atoms. The number of likely N-dealkylation sites (N-methyl/N-ethyl adjacent to an activating group) is 1. The van der Waals surface area contributed by atoms with Crippen molar-refractivity contribution in [1.29, 1.82) is 0 Å². The van der Waals surface area contributed by atoms with E-state index in [1.54, 1.807) is 7.11 Å². The molecule has 2 N–H and O–H groups in total. The zero-order valence-corrected chi connectivity index (χ0v) is 11.9. The van der Waals surface area contributed by atoms with E-state index in [1.165, 1.54) is 18.4 Å². The molecule has 0 aliphatic carbocycles. The molecule has 0 saturated carbocycles. The Labute approximate surface area is 115 Å². The van der Waals surface area contributed by atoms with Crippen molar-refractivity contribution in [2.75, 3.05) is 32.5 Å². The van der Waals surface area contributed by atoms with Crippen LogP contribution in [0, 0.1) is 0 Å². The lowest BCUT2D eigenvalue weighted by molar-refractivity contribution is 0.0722. The minimum Gasteiger partial charge on any atom is -0.496 e. The van der Waals surface area contributed by atoms with Crippen molar-refractivity contribution in [3.63, 3.8) is 0 Å². The standard InChI is InChI=1S/C15H24N2O2/c1-3-17(11-14-5-4-8-19-14)10-12-6-7-13(16)9-15(12)18-2/h6-7,9,14H,3-5,8,10-11,16H2,1-2H3. The maximum Gasteiger partial charge on any atom is 0.125 e. The lowest BCUT2D eigenvalue weighted by atomic mass is 10.1. The average Bonchev–Trinajstić information content (AvgIpc) is 2.92. The first-order valence-corrected chi connectivity index (χ1v) is 6.99. The second kappa shape index (κ2) is 6.78. The second-order valence-corrected chi connectivity index (χ2v) is 5.03. The van der Waals surface area contributed by atoms with E-state index in [1.807, 2.05) is 18.2 Å². The Morgan fingerprint density at radius 1 is 1.47 bits per heavy atom. The number of benzene rings is 1. The van der Waals surface area contributed by atoms with Gasteiger partial charge in [-0.3, -0.25) is 4.90 Å². The van der Waals surface area contributed by atoms with Gasteiger partial charge in [-0.15, -0.1) is 0 Å². The fraction of sp³-hybridized carbons (Fsp3) is 0.600. The molecule has 0 radical (unpaired) electrons. The van der Waals surface area contributed by atoms with Crippen molar-refractivity contribution >= 4 is 5.69 Å². The summed E-state index contributed by atoms with van der Waals surface area (Å²) in [5.41, 5.74) is 7.70. The summed E-state index contributed by atoms with van der Waals surface area (Å²) in [6.07, 6.45) is 2.75. The highest BCUT2D eigenvalue weighted by Gasteiger charge is 2.19. The molecule has 1 unspecified atom stereocenters. The summed E-state index contributed by atoms with van der Waals surface area (Å²) in [5.74, 6) is 0.866. The number of anilines is 1. The van der Waals surface area contributed by atoms with Gasteiger partial charge >= 0.3 is 0 Å². The van der Waals surface area contributed by atoms with Gasteiger partial charge in [-0.1, -0.05) is 13.0 Å². The van der Waals surface area contributed by atoms with Crippen molar-refractivity contribution in [3.05, 3.63) is 23.8 Å². The summed E-state index contributed by atoms with van der Waals surface area (Å²) < 4.78 is 11.1. The summed E-state index contributed by atoms with van der Waals surface area (Å²) in [5, 5.41) is 0. The Bertz CT molecular complexity index is 403. The van der Waals surface area contributed by atoms with Crippen LogP contribution < -0.4 is 10.5 Å². The van der Waals surface area contributed by atoms with E-state index in [-0.39, 0.29) is 0 Å². The van der Waals surface area contributed by atoms with Gasteiger partial charge in [0.05, 0.1) is 13.2 Å². The number of ether oxygens (including phenoxy) is 2. The lowest BCUT2D eigenvalue weighted by Crippen LogP contribution is -2.31. The third-order valence-electron chi connectivity index (χ3n) is 3.64. The fourth-order valence-electron chi connectivity index (χ4n) is 2.51. The van der Waals surface area contributed by atoms with E-state index in [4.69, 9.17) is 15.2 Å². The van der Waals surface area contributed by atoms with Crippen LogP contribution >= 0.6 is 0 Å². The Balaban J connectivity index is 2.00. The summed E-state index contributed by atoms with van der Waals surface area (Å²) >= 11 is 0. The maximum absolute atomic E-state index is 5.78. The molecule has 1 aromatic rings. The molecule has 0 amide bonds. The molecule has 0 bridgehead atoms. The minimum absolute atomic E-state index is 0.389. The topological polar surface area (TPSA) is 47.7 Å². The predicted octanol–water partition coefficient (Wildman–Crippen LogP) is 2.28. The molecule has 19 heavy (non-hydrogen) atoms. The summed E-state index contributed by atoms with van der Waals surface area (Å²) in [7, 11) is 1.69. The quantitative estimate of drug-likeness (QED) is 0.801. The summed E-state index contributed by atoms with van der Waals surface area (Å²) in [4.78, 5) is 2.39. The molecule has 106 valence electrons. The molecule has 4 heteroatoms. The van der Waals surface area contributed by atoms with E-state index >= 15 is 0 Å². The Hall–Kier alpha value is -1.26. The average molecular weight is 264 g/mol. The number of nitrogen functional groups attached to an aromatic ring is 1. The predicted molar refractivity (Wildman–Crippen MR) is 77.3 cm³/mol. The SMILES string of the molecule is CCN(Cc1ccc(N)cc1OC)CC1CCCO1. The van der Waals surface area contributed by atoms with Gasteiger partial charge < -0.3 is 15.2 Å². The van der Waals surface area contributed by atoms with Crippen LogP contribution in [0.25, 0.3) is 0 Å². The van der Waals surface area contributed by atoms with Crippen LogP contribution in [-0.4, -0.2) is 37.8 Å². The van der Waals surface area contributed by atoms with Crippen LogP contribution in [0.5, 0.6) is 5.75 Å². The number of rotatable bonds is 6. The van der Waals surface area contributed by atoms with Gasteiger partial charge in [0.25, 0.3) is 0 Å². The Morgan fingerprint density at radius 3 is 2.95 bits per heavy atom. The molecule has 1 atom stereocenters.